The lowest BCUT2D eigenvalue weighted by atomic mass is 10.0. The molecule has 114 valence electrons. The Balaban J connectivity index is 0.000000211. The Labute approximate surface area is 129 Å². The quantitative estimate of drug-likeness (QED) is 0.598. The maximum absolute atomic E-state index is 11.2. The van der Waals surface area contributed by atoms with Crippen LogP contribution in [0.4, 0.5) is 0 Å². The highest BCUT2D eigenvalue weighted by Gasteiger charge is 2.18. The van der Waals surface area contributed by atoms with Gasteiger partial charge in [-0.3, -0.25) is 4.79 Å². The number of fused-ring (bicyclic) bond motifs is 1. The van der Waals surface area contributed by atoms with Crippen LogP contribution in [0.5, 0.6) is 5.75 Å². The predicted molar refractivity (Wildman–Crippen MR) is 82.9 cm³/mol. The van der Waals surface area contributed by atoms with Crippen molar-refractivity contribution in [3.05, 3.63) is 65.2 Å². The molecular formula is C18H18O4. The topological polar surface area (TPSA) is 52.6 Å². The molecule has 0 saturated carbocycles. The number of hydrogen-bond donors (Lipinski definition) is 0. The monoisotopic (exact) mass is 298 g/mol. The summed E-state index contributed by atoms with van der Waals surface area (Å²) in [7, 11) is 1.34. The first kappa shape index (κ1) is 15.8. The van der Waals surface area contributed by atoms with Crippen LogP contribution in [0, 0.1) is 6.92 Å². The van der Waals surface area contributed by atoms with Crippen LogP contribution < -0.4 is 4.74 Å². The highest BCUT2D eigenvalue weighted by molar-refractivity contribution is 5.90. The van der Waals surface area contributed by atoms with Gasteiger partial charge in [0.2, 0.25) is 0 Å². The van der Waals surface area contributed by atoms with E-state index < -0.39 is 0 Å². The summed E-state index contributed by atoms with van der Waals surface area (Å²) in [6, 6.07) is 15.2. The summed E-state index contributed by atoms with van der Waals surface area (Å²) < 4.78 is 9.61. The molecule has 0 radical (unpaired) electrons. The van der Waals surface area contributed by atoms with E-state index in [4.69, 9.17) is 4.74 Å². The molecule has 1 aliphatic heterocycles. The van der Waals surface area contributed by atoms with E-state index >= 15 is 0 Å². The Bertz CT molecular complexity index is 662. The third kappa shape index (κ3) is 4.19. The van der Waals surface area contributed by atoms with Crippen molar-refractivity contribution in [2.75, 3.05) is 7.11 Å². The highest BCUT2D eigenvalue weighted by atomic mass is 16.5. The van der Waals surface area contributed by atoms with E-state index in [1.165, 1.54) is 12.7 Å². The Morgan fingerprint density at radius 2 is 1.82 bits per heavy atom. The van der Waals surface area contributed by atoms with Gasteiger partial charge in [0.15, 0.2) is 0 Å². The van der Waals surface area contributed by atoms with E-state index in [0.29, 0.717) is 24.2 Å². The van der Waals surface area contributed by atoms with E-state index in [1.807, 2.05) is 18.2 Å². The lowest BCUT2D eigenvalue weighted by Gasteiger charge is -2.15. The number of esters is 2. The molecule has 0 unspecified atom stereocenters. The second-order valence-corrected chi connectivity index (χ2v) is 4.94. The molecule has 0 spiro atoms. The Morgan fingerprint density at radius 3 is 2.41 bits per heavy atom. The first-order valence-corrected chi connectivity index (χ1v) is 7.03. The van der Waals surface area contributed by atoms with Crippen LogP contribution >= 0.6 is 0 Å². The van der Waals surface area contributed by atoms with Crippen LogP contribution in [-0.4, -0.2) is 19.0 Å². The standard InChI is InChI=1S/C11H10O4.C7H8/c1-14-11(13)8-2-4-9-7(6-8)3-5-10(12)15-9;1-7-5-3-2-4-6-7/h2,4,6H,3,5H2,1H3;2-6H,1H3. The number of benzene rings is 2. The molecule has 0 fully saturated rings. The van der Waals surface area contributed by atoms with Gasteiger partial charge >= 0.3 is 11.9 Å². The molecule has 2 aromatic rings. The fourth-order valence-corrected chi connectivity index (χ4v) is 2.06. The molecule has 1 aliphatic rings. The maximum Gasteiger partial charge on any atom is 0.337 e. The normalized spacial score (nSPS) is 12.4. The summed E-state index contributed by atoms with van der Waals surface area (Å²) in [6.45, 7) is 2.08. The molecule has 0 N–H and O–H groups in total. The molecule has 0 bridgehead atoms. The van der Waals surface area contributed by atoms with Crippen molar-refractivity contribution in [1.29, 1.82) is 0 Å². The van der Waals surface area contributed by atoms with Gasteiger partial charge in [0, 0.05) is 0 Å². The van der Waals surface area contributed by atoms with Crippen LogP contribution in [0.25, 0.3) is 0 Å². The molecule has 0 saturated heterocycles. The summed E-state index contributed by atoms with van der Waals surface area (Å²) in [5.41, 5.74) is 2.68. The third-order valence-electron chi connectivity index (χ3n) is 3.24. The maximum atomic E-state index is 11.2. The SMILES string of the molecule is COC(=O)c1ccc2c(c1)CCC(=O)O2.Cc1ccccc1. The van der Waals surface area contributed by atoms with Crippen molar-refractivity contribution in [2.24, 2.45) is 0 Å². The van der Waals surface area contributed by atoms with E-state index in [2.05, 4.69) is 23.8 Å². The largest absolute Gasteiger partial charge is 0.465 e. The first-order valence-electron chi connectivity index (χ1n) is 7.03. The zero-order valence-corrected chi connectivity index (χ0v) is 12.7. The van der Waals surface area contributed by atoms with Crippen molar-refractivity contribution >= 4 is 11.9 Å². The minimum absolute atomic E-state index is 0.228. The molecule has 22 heavy (non-hydrogen) atoms. The number of hydrogen-bond acceptors (Lipinski definition) is 4. The van der Waals surface area contributed by atoms with Crippen LogP contribution in [0.3, 0.4) is 0 Å². The van der Waals surface area contributed by atoms with Gasteiger partial charge in [-0.15, -0.1) is 0 Å². The van der Waals surface area contributed by atoms with Gasteiger partial charge in [0.1, 0.15) is 5.75 Å². The zero-order valence-electron chi connectivity index (χ0n) is 12.7. The summed E-state index contributed by atoms with van der Waals surface area (Å²) in [5.74, 6) is -0.0677. The third-order valence-corrected chi connectivity index (χ3v) is 3.24. The molecule has 0 aliphatic carbocycles. The molecule has 4 nitrogen and oxygen atoms in total. The van der Waals surface area contributed by atoms with Crippen LogP contribution in [0.2, 0.25) is 0 Å². The van der Waals surface area contributed by atoms with Crippen LogP contribution in [-0.2, 0) is 16.0 Å². The Hall–Kier alpha value is -2.62. The van der Waals surface area contributed by atoms with Crippen LogP contribution in [0.1, 0.15) is 27.9 Å². The Kier molecular flexibility index (Phi) is 5.31. The molecule has 4 heteroatoms. The number of carbonyl (C=O) groups excluding carboxylic acids is 2. The summed E-state index contributed by atoms with van der Waals surface area (Å²) >= 11 is 0. The second-order valence-electron chi connectivity index (χ2n) is 4.94. The van der Waals surface area contributed by atoms with E-state index in [9.17, 15) is 9.59 Å². The molecular weight excluding hydrogens is 280 g/mol. The van der Waals surface area contributed by atoms with Crippen molar-refractivity contribution in [1.82, 2.24) is 0 Å². The van der Waals surface area contributed by atoms with Gasteiger partial charge in [-0.05, 0) is 37.1 Å². The van der Waals surface area contributed by atoms with Crippen molar-refractivity contribution < 1.29 is 19.1 Å². The summed E-state index contributed by atoms with van der Waals surface area (Å²) in [4.78, 5) is 22.2. The zero-order chi connectivity index (χ0) is 15.9. The summed E-state index contributed by atoms with van der Waals surface area (Å²) in [5, 5.41) is 0. The van der Waals surface area contributed by atoms with E-state index in [1.54, 1.807) is 18.2 Å². The molecule has 2 aromatic carbocycles. The number of carbonyl (C=O) groups is 2. The van der Waals surface area contributed by atoms with Crippen molar-refractivity contribution in [2.45, 2.75) is 19.8 Å². The van der Waals surface area contributed by atoms with Gasteiger partial charge < -0.3 is 9.47 Å². The Morgan fingerprint density at radius 1 is 1.09 bits per heavy atom. The minimum atomic E-state index is -0.380. The number of ether oxygens (including phenoxy) is 2. The lowest BCUT2D eigenvalue weighted by molar-refractivity contribution is -0.135. The minimum Gasteiger partial charge on any atom is -0.465 e. The highest BCUT2D eigenvalue weighted by Crippen LogP contribution is 2.26. The van der Waals surface area contributed by atoms with E-state index in [0.717, 1.165) is 5.56 Å². The number of aryl methyl sites for hydroxylation is 2. The molecule has 3 rings (SSSR count). The van der Waals surface area contributed by atoms with E-state index in [-0.39, 0.29) is 11.9 Å². The average molecular weight is 298 g/mol. The van der Waals surface area contributed by atoms with Gasteiger partial charge in [-0.25, -0.2) is 4.79 Å². The fourth-order valence-electron chi connectivity index (χ4n) is 2.06. The number of methoxy groups -OCH3 is 1. The number of rotatable bonds is 1. The summed E-state index contributed by atoms with van der Waals surface area (Å²) in [6.07, 6.45) is 0.969. The smallest absolute Gasteiger partial charge is 0.337 e. The second kappa shape index (κ2) is 7.41. The van der Waals surface area contributed by atoms with Crippen molar-refractivity contribution in [3.63, 3.8) is 0 Å². The van der Waals surface area contributed by atoms with Gasteiger partial charge in [-0.1, -0.05) is 35.9 Å². The fraction of sp³-hybridized carbons (Fsp3) is 0.222. The van der Waals surface area contributed by atoms with Crippen LogP contribution in [0.15, 0.2) is 48.5 Å². The van der Waals surface area contributed by atoms with Gasteiger partial charge in [-0.2, -0.15) is 0 Å². The van der Waals surface area contributed by atoms with Crippen molar-refractivity contribution in [3.8, 4) is 5.75 Å². The van der Waals surface area contributed by atoms with Gasteiger partial charge in [0.25, 0.3) is 0 Å². The lowest BCUT2D eigenvalue weighted by Crippen LogP contribution is -2.16. The molecule has 0 atom stereocenters. The molecule has 1 heterocycles. The first-order chi connectivity index (χ1) is 10.6. The van der Waals surface area contributed by atoms with Gasteiger partial charge in [0.05, 0.1) is 19.1 Å². The average Bonchev–Trinajstić information content (AvgIpc) is 2.55. The molecule has 0 amide bonds. The predicted octanol–water partition coefficient (Wildman–Crippen LogP) is 3.32. The molecule has 0 aromatic heterocycles.